The van der Waals surface area contributed by atoms with Crippen LogP contribution in [0.2, 0.25) is 0 Å². The molecule has 0 aromatic heterocycles. The summed E-state index contributed by atoms with van der Waals surface area (Å²) in [5.74, 6) is 0. The molecule has 3 aliphatic heterocycles. The summed E-state index contributed by atoms with van der Waals surface area (Å²) in [6.07, 6.45) is 2.86. The summed E-state index contributed by atoms with van der Waals surface area (Å²) >= 11 is 0. The van der Waals surface area contributed by atoms with E-state index in [2.05, 4.69) is 28.8 Å². The molecule has 14 heavy (non-hydrogen) atoms. The Bertz CT molecular complexity index is 211. The Morgan fingerprint density at radius 3 is 1.86 bits per heavy atom. The topological polar surface area (TPSA) is 9.72 Å². The van der Waals surface area contributed by atoms with Crippen molar-refractivity contribution in [1.29, 1.82) is 0 Å². The van der Waals surface area contributed by atoms with Crippen molar-refractivity contribution in [1.82, 2.24) is 14.7 Å². The van der Waals surface area contributed by atoms with Gasteiger partial charge in [-0.25, -0.2) is 0 Å². The van der Waals surface area contributed by atoms with Crippen LogP contribution in [0.25, 0.3) is 0 Å². The first-order valence-electron chi connectivity index (χ1n) is 5.88. The molecule has 3 nitrogen and oxygen atoms in total. The summed E-state index contributed by atoms with van der Waals surface area (Å²) in [4.78, 5) is 7.77. The lowest BCUT2D eigenvalue weighted by atomic mass is 10.1. The van der Waals surface area contributed by atoms with Crippen LogP contribution in [0.4, 0.5) is 0 Å². The van der Waals surface area contributed by atoms with Gasteiger partial charge in [0.15, 0.2) is 0 Å². The molecule has 0 aliphatic carbocycles. The summed E-state index contributed by atoms with van der Waals surface area (Å²) in [5.41, 5.74) is 0. The van der Waals surface area contributed by atoms with Crippen molar-refractivity contribution in [3.8, 4) is 0 Å². The highest BCUT2D eigenvalue weighted by Crippen LogP contribution is 2.30. The highest BCUT2D eigenvalue weighted by atomic mass is 15.4. The van der Waals surface area contributed by atoms with Gasteiger partial charge in [0.1, 0.15) is 0 Å². The van der Waals surface area contributed by atoms with E-state index in [1.54, 1.807) is 0 Å². The highest BCUT2D eigenvalue weighted by Gasteiger charge is 2.41. The van der Waals surface area contributed by atoms with Crippen LogP contribution < -0.4 is 0 Å². The highest BCUT2D eigenvalue weighted by molar-refractivity contribution is 4.98. The zero-order chi connectivity index (χ0) is 9.71. The molecule has 0 aromatic carbocycles. The van der Waals surface area contributed by atoms with Gasteiger partial charge >= 0.3 is 0 Å². The predicted molar refractivity (Wildman–Crippen MR) is 57.4 cm³/mol. The third kappa shape index (κ3) is 1.30. The first kappa shape index (κ1) is 9.13. The number of hydrogen-bond acceptors (Lipinski definition) is 3. The zero-order valence-corrected chi connectivity index (χ0v) is 9.32. The zero-order valence-electron chi connectivity index (χ0n) is 9.32. The van der Waals surface area contributed by atoms with Gasteiger partial charge in [-0.15, -0.1) is 0 Å². The van der Waals surface area contributed by atoms with Crippen LogP contribution >= 0.6 is 0 Å². The third-order valence-corrected chi connectivity index (χ3v) is 4.44. The van der Waals surface area contributed by atoms with Gasteiger partial charge in [0.05, 0.1) is 0 Å². The van der Waals surface area contributed by atoms with Crippen molar-refractivity contribution >= 4 is 0 Å². The fourth-order valence-corrected chi connectivity index (χ4v) is 3.34. The molecule has 0 radical (unpaired) electrons. The average molecular weight is 195 g/mol. The Morgan fingerprint density at radius 1 is 0.786 bits per heavy atom. The lowest BCUT2D eigenvalue weighted by molar-refractivity contribution is -0.00308. The van der Waals surface area contributed by atoms with Crippen LogP contribution in [0.3, 0.4) is 0 Å². The molecule has 3 rings (SSSR count). The van der Waals surface area contributed by atoms with Gasteiger partial charge in [-0.2, -0.15) is 0 Å². The average Bonchev–Trinajstić information content (AvgIpc) is 2.39. The predicted octanol–water partition coefficient (Wildman–Crippen LogP) is 0.0788. The summed E-state index contributed by atoms with van der Waals surface area (Å²) in [7, 11) is 4.54. The van der Waals surface area contributed by atoms with Crippen molar-refractivity contribution in [2.24, 2.45) is 0 Å². The Kier molecular flexibility index (Phi) is 2.08. The Balaban J connectivity index is 1.63. The molecule has 0 N–H and O–H groups in total. The molecule has 2 bridgehead atoms. The summed E-state index contributed by atoms with van der Waals surface area (Å²) in [6, 6.07) is 2.59. The summed E-state index contributed by atoms with van der Waals surface area (Å²) in [5, 5.41) is 0. The minimum Gasteiger partial charge on any atom is -0.303 e. The van der Waals surface area contributed by atoms with E-state index in [0.29, 0.717) is 0 Å². The minimum atomic E-state index is 0.861. The van der Waals surface area contributed by atoms with Gasteiger partial charge in [0.2, 0.25) is 0 Å². The van der Waals surface area contributed by atoms with Gasteiger partial charge in [-0.3, -0.25) is 9.80 Å². The number of likely N-dealkylation sites (N-methyl/N-ethyl adjacent to an activating group) is 2. The van der Waals surface area contributed by atoms with Gasteiger partial charge in [-0.05, 0) is 26.9 Å². The summed E-state index contributed by atoms with van der Waals surface area (Å²) in [6.45, 7) is 5.24. The van der Waals surface area contributed by atoms with Crippen LogP contribution in [-0.2, 0) is 0 Å². The van der Waals surface area contributed by atoms with E-state index < -0.39 is 0 Å². The molecular weight excluding hydrogens is 174 g/mol. The molecule has 80 valence electrons. The van der Waals surface area contributed by atoms with Crippen molar-refractivity contribution in [2.45, 2.75) is 31.0 Å². The molecule has 0 aromatic rings. The van der Waals surface area contributed by atoms with Crippen molar-refractivity contribution in [3.05, 3.63) is 0 Å². The maximum absolute atomic E-state index is 2.74. The number of hydrogen-bond donors (Lipinski definition) is 0. The lowest BCUT2D eigenvalue weighted by Gasteiger charge is -2.49. The second-order valence-electron chi connectivity index (χ2n) is 5.38. The molecule has 2 unspecified atom stereocenters. The quantitative estimate of drug-likeness (QED) is 0.587. The lowest BCUT2D eigenvalue weighted by Crippen LogP contribution is -2.63. The molecular formula is C11H21N3. The molecule has 0 amide bonds. The van der Waals surface area contributed by atoms with E-state index in [1.165, 1.54) is 39.0 Å². The van der Waals surface area contributed by atoms with Crippen LogP contribution in [0.1, 0.15) is 12.8 Å². The fourth-order valence-electron chi connectivity index (χ4n) is 3.34. The largest absolute Gasteiger partial charge is 0.303 e. The standard InChI is InChI=1S/C11H21N3/c1-12-5-11(6-12)14-7-9-3-4-10(8-14)13(9)2/h9-11H,3-8H2,1-2H3. The molecule has 3 heterocycles. The number of fused-ring (bicyclic) bond motifs is 2. The second kappa shape index (κ2) is 3.19. The van der Waals surface area contributed by atoms with E-state index >= 15 is 0 Å². The number of piperazine rings is 1. The van der Waals surface area contributed by atoms with Gasteiger partial charge < -0.3 is 4.90 Å². The Hall–Kier alpha value is -0.120. The van der Waals surface area contributed by atoms with E-state index in [4.69, 9.17) is 0 Å². The van der Waals surface area contributed by atoms with E-state index in [-0.39, 0.29) is 0 Å². The minimum absolute atomic E-state index is 0.861. The first-order chi connectivity index (χ1) is 6.74. The Morgan fingerprint density at radius 2 is 1.36 bits per heavy atom. The molecule has 0 spiro atoms. The first-order valence-corrected chi connectivity index (χ1v) is 5.88. The summed E-state index contributed by atoms with van der Waals surface area (Å²) < 4.78 is 0. The van der Waals surface area contributed by atoms with Crippen LogP contribution in [0.5, 0.6) is 0 Å². The molecule has 2 atom stereocenters. The fraction of sp³-hybridized carbons (Fsp3) is 1.00. The normalized spacial score (nSPS) is 41.6. The maximum atomic E-state index is 2.74. The number of rotatable bonds is 1. The maximum Gasteiger partial charge on any atom is 0.0351 e. The van der Waals surface area contributed by atoms with E-state index in [1.807, 2.05) is 0 Å². The molecule has 3 aliphatic rings. The number of likely N-dealkylation sites (tertiary alicyclic amines) is 2. The van der Waals surface area contributed by atoms with Gasteiger partial charge in [-0.1, -0.05) is 0 Å². The van der Waals surface area contributed by atoms with Crippen LogP contribution in [0, 0.1) is 0 Å². The van der Waals surface area contributed by atoms with Crippen molar-refractivity contribution < 1.29 is 0 Å². The van der Waals surface area contributed by atoms with Crippen molar-refractivity contribution in [3.63, 3.8) is 0 Å². The molecule has 3 heteroatoms. The molecule has 3 saturated heterocycles. The van der Waals surface area contributed by atoms with E-state index in [9.17, 15) is 0 Å². The van der Waals surface area contributed by atoms with E-state index in [0.717, 1.165) is 18.1 Å². The Labute approximate surface area is 86.7 Å². The van der Waals surface area contributed by atoms with Crippen molar-refractivity contribution in [2.75, 3.05) is 40.3 Å². The smallest absolute Gasteiger partial charge is 0.0351 e. The third-order valence-electron chi connectivity index (χ3n) is 4.44. The van der Waals surface area contributed by atoms with Crippen LogP contribution in [0.15, 0.2) is 0 Å². The second-order valence-corrected chi connectivity index (χ2v) is 5.38. The molecule has 0 saturated carbocycles. The van der Waals surface area contributed by atoms with Gasteiger partial charge in [0, 0.05) is 44.3 Å². The monoisotopic (exact) mass is 195 g/mol. The van der Waals surface area contributed by atoms with Gasteiger partial charge in [0.25, 0.3) is 0 Å². The number of nitrogens with zero attached hydrogens (tertiary/aromatic N) is 3. The molecule has 3 fully saturated rings. The van der Waals surface area contributed by atoms with Crippen LogP contribution in [-0.4, -0.2) is 73.1 Å². The SMILES string of the molecule is CN1CC(N2CC3CCC(C2)N3C)C1.